The molecule has 0 unspecified atom stereocenters. The molecule has 1 aliphatic carbocycles. The van der Waals surface area contributed by atoms with Gasteiger partial charge in [0.1, 0.15) is 5.41 Å². The van der Waals surface area contributed by atoms with Gasteiger partial charge in [0.2, 0.25) is 11.8 Å². The second-order valence-corrected chi connectivity index (χ2v) is 7.70. The summed E-state index contributed by atoms with van der Waals surface area (Å²) in [5, 5.41) is 7.63. The van der Waals surface area contributed by atoms with Crippen LogP contribution in [-0.4, -0.2) is 25.4 Å². The van der Waals surface area contributed by atoms with Gasteiger partial charge in [-0.2, -0.15) is 0 Å². The van der Waals surface area contributed by atoms with E-state index in [0.29, 0.717) is 12.8 Å². The van der Waals surface area contributed by atoms with Gasteiger partial charge in [0, 0.05) is 36.4 Å². The molecular weight excluding hydrogens is 334 g/mol. The maximum Gasteiger partial charge on any atom is 0.240 e. The number of fused-ring (bicyclic) bond motifs is 1. The van der Waals surface area contributed by atoms with E-state index in [9.17, 15) is 9.59 Å². The predicted octanol–water partition coefficient (Wildman–Crippen LogP) is 2.78. The summed E-state index contributed by atoms with van der Waals surface area (Å²) >= 11 is 1.84. The molecule has 2 amide bonds. The van der Waals surface area contributed by atoms with E-state index in [4.69, 9.17) is 0 Å². The Bertz CT molecular complexity index is 808. The van der Waals surface area contributed by atoms with Gasteiger partial charge in [-0.3, -0.25) is 9.59 Å². The standard InChI is InChI=1S/C19H21N3O2S/c1-20-17(23)19(8-9-19)18(24)21-14-2-4-15(5-3-14)22-10-6-16-13(12-22)7-11-25-16/h2-5,7,11H,6,8-10,12H2,1H3,(H,20,23)(H,21,24). The lowest BCUT2D eigenvalue weighted by atomic mass is 10.1. The summed E-state index contributed by atoms with van der Waals surface area (Å²) in [5.41, 5.74) is 2.43. The van der Waals surface area contributed by atoms with E-state index in [1.165, 1.54) is 10.4 Å². The summed E-state index contributed by atoms with van der Waals surface area (Å²) in [4.78, 5) is 28.1. The predicted molar refractivity (Wildman–Crippen MR) is 99.9 cm³/mol. The minimum atomic E-state index is -0.865. The highest BCUT2D eigenvalue weighted by Gasteiger charge is 2.56. The fraction of sp³-hybridized carbons (Fsp3) is 0.368. The molecule has 6 heteroatoms. The lowest BCUT2D eigenvalue weighted by Gasteiger charge is -2.29. The number of benzene rings is 1. The first-order valence-electron chi connectivity index (χ1n) is 8.56. The first-order chi connectivity index (χ1) is 12.1. The minimum Gasteiger partial charge on any atom is -0.367 e. The van der Waals surface area contributed by atoms with Gasteiger partial charge in [-0.05, 0) is 60.5 Å². The number of carbonyl (C=O) groups excluding carboxylic acids is 2. The molecule has 0 atom stereocenters. The Labute approximate surface area is 151 Å². The number of nitrogens with zero attached hydrogens (tertiary/aromatic N) is 1. The number of carbonyl (C=O) groups is 2. The largest absolute Gasteiger partial charge is 0.367 e. The topological polar surface area (TPSA) is 61.4 Å². The average Bonchev–Trinajstić information content (AvgIpc) is 3.33. The van der Waals surface area contributed by atoms with Crippen LogP contribution in [0.15, 0.2) is 35.7 Å². The first kappa shape index (κ1) is 16.1. The molecule has 0 bridgehead atoms. The molecule has 1 aromatic carbocycles. The molecule has 0 spiro atoms. The monoisotopic (exact) mass is 355 g/mol. The van der Waals surface area contributed by atoms with Crippen LogP contribution < -0.4 is 15.5 Å². The molecule has 0 saturated heterocycles. The molecule has 2 aromatic rings. The molecule has 4 rings (SSSR count). The number of hydrogen-bond acceptors (Lipinski definition) is 4. The highest BCUT2D eigenvalue weighted by molar-refractivity contribution is 7.10. The van der Waals surface area contributed by atoms with E-state index < -0.39 is 5.41 Å². The molecule has 2 aliphatic rings. The Morgan fingerprint density at radius 2 is 1.88 bits per heavy atom. The van der Waals surface area contributed by atoms with Gasteiger partial charge in [-0.25, -0.2) is 0 Å². The van der Waals surface area contributed by atoms with Crippen molar-refractivity contribution >= 4 is 34.5 Å². The highest BCUT2D eigenvalue weighted by atomic mass is 32.1. The van der Waals surface area contributed by atoms with Crippen LogP contribution in [-0.2, 0) is 22.6 Å². The number of thiophene rings is 1. The maximum atomic E-state index is 12.4. The van der Waals surface area contributed by atoms with Crippen molar-refractivity contribution in [1.82, 2.24) is 5.32 Å². The van der Waals surface area contributed by atoms with Gasteiger partial charge in [0.25, 0.3) is 0 Å². The van der Waals surface area contributed by atoms with Crippen LogP contribution in [0.25, 0.3) is 0 Å². The van der Waals surface area contributed by atoms with E-state index >= 15 is 0 Å². The molecule has 2 N–H and O–H groups in total. The van der Waals surface area contributed by atoms with E-state index in [2.05, 4.69) is 27.0 Å². The van der Waals surface area contributed by atoms with Gasteiger partial charge >= 0.3 is 0 Å². The summed E-state index contributed by atoms with van der Waals surface area (Å²) in [6.45, 7) is 1.95. The second kappa shape index (κ2) is 6.19. The van der Waals surface area contributed by atoms with Gasteiger partial charge < -0.3 is 15.5 Å². The van der Waals surface area contributed by atoms with Crippen molar-refractivity contribution in [3.05, 3.63) is 46.2 Å². The van der Waals surface area contributed by atoms with E-state index in [1.807, 2.05) is 35.6 Å². The van der Waals surface area contributed by atoms with Crippen LogP contribution in [0.2, 0.25) is 0 Å². The van der Waals surface area contributed by atoms with Crippen LogP contribution >= 0.6 is 11.3 Å². The zero-order valence-electron chi connectivity index (χ0n) is 14.2. The van der Waals surface area contributed by atoms with Gasteiger partial charge in [0.15, 0.2) is 0 Å². The fourth-order valence-corrected chi connectivity index (χ4v) is 4.29. The SMILES string of the molecule is CNC(=O)C1(C(=O)Nc2ccc(N3CCc4sccc4C3)cc2)CC1. The van der Waals surface area contributed by atoms with Crippen molar-refractivity contribution in [2.45, 2.75) is 25.8 Å². The lowest BCUT2D eigenvalue weighted by molar-refractivity contribution is -0.134. The number of nitrogens with one attached hydrogen (secondary N) is 2. The van der Waals surface area contributed by atoms with Gasteiger partial charge in [0.05, 0.1) is 0 Å². The Balaban J connectivity index is 1.43. The average molecular weight is 355 g/mol. The van der Waals surface area contributed by atoms with Crippen LogP contribution in [0, 0.1) is 5.41 Å². The molecule has 2 heterocycles. The quantitative estimate of drug-likeness (QED) is 0.829. The molecule has 25 heavy (non-hydrogen) atoms. The summed E-state index contributed by atoms with van der Waals surface area (Å²) in [6.07, 6.45) is 2.32. The molecule has 5 nitrogen and oxygen atoms in total. The summed E-state index contributed by atoms with van der Waals surface area (Å²) in [6, 6.07) is 10.1. The summed E-state index contributed by atoms with van der Waals surface area (Å²) in [7, 11) is 1.57. The highest BCUT2D eigenvalue weighted by Crippen LogP contribution is 2.46. The van der Waals surface area contributed by atoms with Gasteiger partial charge in [-0.15, -0.1) is 11.3 Å². The van der Waals surface area contributed by atoms with Crippen LogP contribution in [0.3, 0.4) is 0 Å². The van der Waals surface area contributed by atoms with E-state index in [1.54, 1.807) is 7.05 Å². The lowest BCUT2D eigenvalue weighted by Crippen LogP contribution is -2.38. The Kier molecular flexibility index (Phi) is 4.00. The summed E-state index contributed by atoms with van der Waals surface area (Å²) in [5.74, 6) is -0.401. The van der Waals surface area contributed by atoms with Crippen LogP contribution in [0.1, 0.15) is 23.3 Å². The third-order valence-electron chi connectivity index (χ3n) is 5.14. The summed E-state index contributed by atoms with van der Waals surface area (Å²) < 4.78 is 0. The normalized spacial score (nSPS) is 17.6. The molecule has 1 aliphatic heterocycles. The van der Waals surface area contributed by atoms with Crippen molar-refractivity contribution in [3.63, 3.8) is 0 Å². The Hall–Kier alpha value is -2.34. The number of amides is 2. The smallest absolute Gasteiger partial charge is 0.240 e. The van der Waals surface area contributed by atoms with Gasteiger partial charge in [-0.1, -0.05) is 0 Å². The van der Waals surface area contributed by atoms with Crippen molar-refractivity contribution in [2.75, 3.05) is 23.8 Å². The zero-order chi connectivity index (χ0) is 17.4. The number of anilines is 2. The Morgan fingerprint density at radius 1 is 1.12 bits per heavy atom. The third kappa shape index (κ3) is 2.91. The second-order valence-electron chi connectivity index (χ2n) is 6.70. The molecule has 1 saturated carbocycles. The molecule has 0 radical (unpaired) electrons. The zero-order valence-corrected chi connectivity index (χ0v) is 15.0. The maximum absolute atomic E-state index is 12.4. The van der Waals surface area contributed by atoms with Crippen LogP contribution in [0.4, 0.5) is 11.4 Å². The molecule has 130 valence electrons. The van der Waals surface area contributed by atoms with Crippen LogP contribution in [0.5, 0.6) is 0 Å². The first-order valence-corrected chi connectivity index (χ1v) is 9.44. The van der Waals surface area contributed by atoms with Crippen molar-refractivity contribution in [3.8, 4) is 0 Å². The Morgan fingerprint density at radius 3 is 2.56 bits per heavy atom. The third-order valence-corrected chi connectivity index (χ3v) is 6.17. The van der Waals surface area contributed by atoms with Crippen molar-refractivity contribution in [1.29, 1.82) is 0 Å². The van der Waals surface area contributed by atoms with E-state index in [0.717, 1.165) is 30.9 Å². The molecule has 1 aromatic heterocycles. The fourth-order valence-electron chi connectivity index (χ4n) is 3.40. The number of rotatable bonds is 4. The molecular formula is C19H21N3O2S. The van der Waals surface area contributed by atoms with Crippen molar-refractivity contribution < 1.29 is 9.59 Å². The number of hydrogen-bond donors (Lipinski definition) is 2. The van der Waals surface area contributed by atoms with E-state index in [-0.39, 0.29) is 11.8 Å². The molecule has 1 fully saturated rings. The minimum absolute atomic E-state index is 0.193. The van der Waals surface area contributed by atoms with Crippen molar-refractivity contribution in [2.24, 2.45) is 5.41 Å².